The van der Waals surface area contributed by atoms with Crippen molar-refractivity contribution in [2.75, 3.05) is 4.90 Å². The van der Waals surface area contributed by atoms with Crippen molar-refractivity contribution in [3.63, 3.8) is 0 Å². The van der Waals surface area contributed by atoms with E-state index in [-0.39, 0.29) is 17.0 Å². The van der Waals surface area contributed by atoms with Crippen LogP contribution in [0.15, 0.2) is 53.6 Å². The van der Waals surface area contributed by atoms with Gasteiger partial charge in [0.15, 0.2) is 5.17 Å². The Kier molecular flexibility index (Phi) is 4.84. The first-order chi connectivity index (χ1) is 13.8. The van der Waals surface area contributed by atoms with Crippen LogP contribution in [0.1, 0.15) is 25.0 Å². The van der Waals surface area contributed by atoms with E-state index >= 15 is 0 Å². The highest BCUT2D eigenvalue weighted by Gasteiger charge is 2.61. The molecule has 9 heteroatoms. The van der Waals surface area contributed by atoms with Gasteiger partial charge in [-0.1, -0.05) is 54.1 Å². The fourth-order valence-corrected chi connectivity index (χ4v) is 5.14. The van der Waals surface area contributed by atoms with Crippen LogP contribution in [0.2, 0.25) is 5.02 Å². The van der Waals surface area contributed by atoms with Crippen LogP contribution in [0.3, 0.4) is 0 Å². The molecule has 2 aromatic rings. The van der Waals surface area contributed by atoms with E-state index in [0.29, 0.717) is 22.8 Å². The first-order valence-corrected chi connectivity index (χ1v) is 10.0. The number of benzene rings is 2. The average Bonchev–Trinajstić information content (AvgIpc) is 3.16. The summed E-state index contributed by atoms with van der Waals surface area (Å²) in [5, 5.41) is 8.53. The van der Waals surface area contributed by atoms with Gasteiger partial charge >= 0.3 is 0 Å². The Morgan fingerprint density at radius 1 is 1.14 bits per heavy atom. The minimum atomic E-state index is -1.45. The summed E-state index contributed by atoms with van der Waals surface area (Å²) >= 11 is 7.52. The van der Waals surface area contributed by atoms with E-state index in [9.17, 15) is 14.4 Å². The molecule has 2 heterocycles. The van der Waals surface area contributed by atoms with Gasteiger partial charge in [0.1, 0.15) is 0 Å². The highest BCUT2D eigenvalue weighted by Crippen LogP contribution is 2.56. The highest BCUT2D eigenvalue weighted by molar-refractivity contribution is 8.15. The molecule has 0 unspecified atom stereocenters. The number of halogens is 1. The summed E-state index contributed by atoms with van der Waals surface area (Å²) < 4.78 is 0. The Balaban J connectivity index is 1.85. The summed E-state index contributed by atoms with van der Waals surface area (Å²) in [6, 6.07) is 14.7. The molecule has 0 bridgehead atoms. The Bertz CT molecular complexity index is 1060. The molecule has 1 spiro atoms. The van der Waals surface area contributed by atoms with Crippen molar-refractivity contribution in [1.29, 1.82) is 0 Å². The second-order valence-corrected chi connectivity index (χ2v) is 8.26. The molecule has 148 valence electrons. The third-order valence-corrected chi connectivity index (χ3v) is 6.20. The van der Waals surface area contributed by atoms with E-state index in [1.54, 1.807) is 23.1 Å². The number of nitrogens with zero attached hydrogens (tertiary/aromatic N) is 3. The Hall–Kier alpha value is -2.84. The van der Waals surface area contributed by atoms with Gasteiger partial charge in [0.2, 0.25) is 16.7 Å². The van der Waals surface area contributed by atoms with Crippen LogP contribution in [0.25, 0.3) is 0 Å². The average molecular weight is 429 g/mol. The number of carbonyl (C=O) groups is 3. The molecular formula is C20H17ClN4O3S. The SMILES string of the molecule is CC(=O)NC1=NN(C(C)=O)[C@]2(S1)C(=O)N(Cc1ccccc1)c1c(Cl)cccc12. The lowest BCUT2D eigenvalue weighted by Crippen LogP contribution is -2.48. The summed E-state index contributed by atoms with van der Waals surface area (Å²) in [6.45, 7) is 2.97. The zero-order valence-electron chi connectivity index (χ0n) is 15.7. The van der Waals surface area contributed by atoms with Crippen LogP contribution >= 0.6 is 23.4 Å². The van der Waals surface area contributed by atoms with Crippen molar-refractivity contribution < 1.29 is 14.4 Å². The third kappa shape index (κ3) is 3.08. The molecule has 0 radical (unpaired) electrons. The van der Waals surface area contributed by atoms with Crippen molar-refractivity contribution in [2.24, 2.45) is 5.10 Å². The lowest BCUT2D eigenvalue weighted by Gasteiger charge is -2.29. The number of hydrazone groups is 1. The van der Waals surface area contributed by atoms with Crippen LogP contribution in [-0.2, 0) is 25.8 Å². The van der Waals surface area contributed by atoms with Gasteiger partial charge in [-0.3, -0.25) is 14.4 Å². The molecule has 0 saturated heterocycles. The highest BCUT2D eigenvalue weighted by atomic mass is 35.5. The van der Waals surface area contributed by atoms with Gasteiger partial charge < -0.3 is 10.2 Å². The molecule has 1 atom stereocenters. The first kappa shape index (κ1) is 19.5. The second-order valence-electron chi connectivity index (χ2n) is 6.68. The van der Waals surface area contributed by atoms with Crippen LogP contribution in [-0.4, -0.2) is 27.9 Å². The molecule has 1 N–H and O–H groups in total. The second kappa shape index (κ2) is 7.20. The number of hydrogen-bond donors (Lipinski definition) is 1. The topological polar surface area (TPSA) is 82.1 Å². The molecule has 0 aromatic heterocycles. The number of rotatable bonds is 2. The summed E-state index contributed by atoms with van der Waals surface area (Å²) in [6.07, 6.45) is 0. The number of anilines is 1. The van der Waals surface area contributed by atoms with Crippen molar-refractivity contribution in [3.8, 4) is 0 Å². The van der Waals surface area contributed by atoms with Crippen molar-refractivity contribution in [2.45, 2.75) is 25.3 Å². The van der Waals surface area contributed by atoms with Gasteiger partial charge in [0.05, 0.1) is 17.3 Å². The Morgan fingerprint density at radius 3 is 2.52 bits per heavy atom. The monoisotopic (exact) mass is 428 g/mol. The molecule has 4 rings (SSSR count). The molecular weight excluding hydrogens is 412 g/mol. The van der Waals surface area contributed by atoms with E-state index < -0.39 is 10.8 Å². The maximum Gasteiger partial charge on any atom is 0.271 e. The number of amidine groups is 1. The third-order valence-electron chi connectivity index (χ3n) is 4.66. The van der Waals surface area contributed by atoms with E-state index in [0.717, 1.165) is 22.3 Å². The van der Waals surface area contributed by atoms with E-state index in [4.69, 9.17) is 11.6 Å². The number of amides is 3. The quantitative estimate of drug-likeness (QED) is 0.797. The van der Waals surface area contributed by atoms with Crippen LogP contribution in [0.5, 0.6) is 0 Å². The van der Waals surface area contributed by atoms with Gasteiger partial charge in [-0.15, -0.1) is 5.10 Å². The fraction of sp³-hybridized carbons (Fsp3) is 0.200. The van der Waals surface area contributed by atoms with Crippen molar-refractivity contribution >= 4 is 51.9 Å². The lowest BCUT2D eigenvalue weighted by atomic mass is 10.1. The number of nitrogens with one attached hydrogen (secondary N) is 1. The number of carbonyl (C=O) groups excluding carboxylic acids is 3. The number of thioether (sulfide) groups is 1. The lowest BCUT2D eigenvalue weighted by molar-refractivity contribution is -0.139. The summed E-state index contributed by atoms with van der Waals surface area (Å²) in [5.74, 6) is -1.10. The normalized spacial score (nSPS) is 20.1. The predicted octanol–water partition coefficient (Wildman–Crippen LogP) is 3.04. The molecule has 2 aromatic carbocycles. The largest absolute Gasteiger partial charge is 0.304 e. The number of para-hydroxylation sites is 1. The summed E-state index contributed by atoms with van der Waals surface area (Å²) in [5.41, 5.74) is 2.03. The maximum atomic E-state index is 13.8. The molecule has 0 aliphatic carbocycles. The molecule has 0 fully saturated rings. The molecule has 29 heavy (non-hydrogen) atoms. The minimum Gasteiger partial charge on any atom is -0.304 e. The standard InChI is InChI=1S/C20H17ClN4O3S/c1-12(26)22-19-23-25(13(2)27)20(29-19)15-9-6-10-16(21)17(15)24(18(20)28)11-14-7-4-3-5-8-14/h3-10H,11H2,1-2H3,(H,22,23,26)/t20-/m1/s1. The van der Waals surface area contributed by atoms with Crippen molar-refractivity contribution in [3.05, 3.63) is 64.7 Å². The molecule has 0 saturated carbocycles. The van der Waals surface area contributed by atoms with Crippen LogP contribution in [0.4, 0.5) is 5.69 Å². The molecule has 3 amide bonds. The van der Waals surface area contributed by atoms with Gasteiger partial charge in [-0.2, -0.15) is 5.01 Å². The summed E-state index contributed by atoms with van der Waals surface area (Å²) in [4.78, 5) is 37.9. The Labute approximate surface area is 176 Å². The van der Waals surface area contributed by atoms with Gasteiger partial charge in [-0.25, -0.2) is 0 Å². The number of hydrogen-bond acceptors (Lipinski definition) is 5. The zero-order chi connectivity index (χ0) is 20.8. The minimum absolute atomic E-state index is 0.188. The van der Waals surface area contributed by atoms with Crippen molar-refractivity contribution in [1.82, 2.24) is 10.3 Å². The van der Waals surface area contributed by atoms with Gasteiger partial charge in [-0.05, 0) is 23.4 Å². The predicted molar refractivity (Wildman–Crippen MR) is 112 cm³/mol. The zero-order valence-corrected chi connectivity index (χ0v) is 17.3. The molecule has 2 aliphatic heterocycles. The van der Waals surface area contributed by atoms with E-state index in [1.165, 1.54) is 13.8 Å². The van der Waals surface area contributed by atoms with Crippen LogP contribution < -0.4 is 10.2 Å². The molecule has 7 nitrogen and oxygen atoms in total. The molecule has 2 aliphatic rings. The van der Waals surface area contributed by atoms with Gasteiger partial charge in [0, 0.05) is 19.4 Å². The van der Waals surface area contributed by atoms with Crippen LogP contribution in [0, 0.1) is 0 Å². The maximum absolute atomic E-state index is 13.8. The summed E-state index contributed by atoms with van der Waals surface area (Å²) in [7, 11) is 0. The number of fused-ring (bicyclic) bond motifs is 2. The smallest absolute Gasteiger partial charge is 0.271 e. The first-order valence-electron chi connectivity index (χ1n) is 8.85. The van der Waals surface area contributed by atoms with E-state index in [2.05, 4.69) is 10.4 Å². The fourth-order valence-electron chi connectivity index (χ4n) is 3.54. The van der Waals surface area contributed by atoms with E-state index in [1.807, 2.05) is 30.3 Å². The van der Waals surface area contributed by atoms with Gasteiger partial charge in [0.25, 0.3) is 5.91 Å². The Morgan fingerprint density at radius 2 is 1.86 bits per heavy atom.